The standard InChI is InChI=1S/C24H40N6O2/c1-4-25-24(27-15-17(2)16-29-12-10-28(3)11-13-29)26-8-5-9-30-22(31)20-18-6-7-19(14-18)21(20)23(30)32/h6-7,17-21H,4-5,8-16H2,1-3H3,(H2,25,26,27). The van der Waals surface area contributed by atoms with Crippen molar-refractivity contribution in [2.45, 2.75) is 26.7 Å². The van der Waals surface area contributed by atoms with Gasteiger partial charge in [0.05, 0.1) is 11.8 Å². The monoisotopic (exact) mass is 444 g/mol. The fourth-order valence-electron chi connectivity index (χ4n) is 5.75. The van der Waals surface area contributed by atoms with E-state index in [0.717, 1.165) is 64.6 Å². The van der Waals surface area contributed by atoms with Gasteiger partial charge in [-0.05, 0) is 44.6 Å². The molecule has 2 bridgehead atoms. The van der Waals surface area contributed by atoms with Crippen LogP contribution in [-0.2, 0) is 9.59 Å². The number of likely N-dealkylation sites (tertiary alicyclic amines) is 1. The molecule has 4 aliphatic rings. The number of guanidine groups is 1. The highest BCUT2D eigenvalue weighted by atomic mass is 16.2. The Labute approximate surface area is 192 Å². The number of fused-ring (bicyclic) bond motifs is 5. The molecule has 8 nitrogen and oxygen atoms in total. The van der Waals surface area contributed by atoms with Gasteiger partial charge in [-0.2, -0.15) is 0 Å². The molecule has 2 saturated heterocycles. The van der Waals surface area contributed by atoms with Crippen LogP contribution in [0.3, 0.4) is 0 Å². The fourth-order valence-corrected chi connectivity index (χ4v) is 5.75. The van der Waals surface area contributed by atoms with Gasteiger partial charge in [-0.1, -0.05) is 19.1 Å². The summed E-state index contributed by atoms with van der Waals surface area (Å²) in [7, 11) is 2.18. The molecule has 1 saturated carbocycles. The molecule has 0 aromatic carbocycles. The molecular weight excluding hydrogens is 404 g/mol. The number of carbonyl (C=O) groups excluding carboxylic acids is 2. The van der Waals surface area contributed by atoms with Gasteiger partial charge in [0, 0.05) is 58.9 Å². The Morgan fingerprint density at radius 2 is 1.75 bits per heavy atom. The number of likely N-dealkylation sites (N-methyl/N-ethyl adjacent to an activating group) is 1. The first-order valence-electron chi connectivity index (χ1n) is 12.4. The molecule has 32 heavy (non-hydrogen) atoms. The van der Waals surface area contributed by atoms with E-state index in [-0.39, 0.29) is 35.5 Å². The molecule has 0 aromatic heterocycles. The molecule has 2 N–H and O–H groups in total. The quantitative estimate of drug-likeness (QED) is 0.178. The lowest BCUT2D eigenvalue weighted by molar-refractivity contribution is -0.140. The highest BCUT2D eigenvalue weighted by molar-refractivity contribution is 6.06. The summed E-state index contributed by atoms with van der Waals surface area (Å²) >= 11 is 0. The van der Waals surface area contributed by atoms with Gasteiger partial charge < -0.3 is 20.4 Å². The number of rotatable bonds is 9. The summed E-state index contributed by atoms with van der Waals surface area (Å²) in [5, 5.41) is 6.68. The number of hydrogen-bond donors (Lipinski definition) is 2. The Hall–Kier alpha value is -1.93. The van der Waals surface area contributed by atoms with Crippen LogP contribution >= 0.6 is 0 Å². The van der Waals surface area contributed by atoms with Gasteiger partial charge in [0.25, 0.3) is 0 Å². The van der Waals surface area contributed by atoms with E-state index in [4.69, 9.17) is 4.99 Å². The molecule has 2 aliphatic carbocycles. The SMILES string of the molecule is CCNC(=NCC(C)CN1CCN(C)CC1)NCCCN1C(=O)C2C3C=CC(C3)C2C1=O. The summed E-state index contributed by atoms with van der Waals surface area (Å²) in [5.74, 6) is 1.80. The zero-order valence-electron chi connectivity index (χ0n) is 19.9. The van der Waals surface area contributed by atoms with Gasteiger partial charge in [0.2, 0.25) is 11.8 Å². The molecular formula is C24H40N6O2. The maximum atomic E-state index is 12.8. The largest absolute Gasteiger partial charge is 0.357 e. The Kier molecular flexibility index (Phi) is 7.51. The Bertz CT molecular complexity index is 715. The zero-order chi connectivity index (χ0) is 22.7. The van der Waals surface area contributed by atoms with E-state index in [0.29, 0.717) is 19.0 Å². The summed E-state index contributed by atoms with van der Waals surface area (Å²) < 4.78 is 0. The normalized spacial score (nSPS) is 31.5. The van der Waals surface area contributed by atoms with Crippen molar-refractivity contribution in [3.05, 3.63) is 12.2 Å². The number of carbonyl (C=O) groups is 2. The minimum absolute atomic E-state index is 0.0511. The van der Waals surface area contributed by atoms with Crippen LogP contribution in [0.15, 0.2) is 17.1 Å². The molecule has 3 fully saturated rings. The Morgan fingerprint density at radius 1 is 1.09 bits per heavy atom. The van der Waals surface area contributed by atoms with Gasteiger partial charge in [-0.25, -0.2) is 0 Å². The third-order valence-electron chi connectivity index (χ3n) is 7.48. The summed E-state index contributed by atoms with van der Waals surface area (Å²) in [6.45, 7) is 12.7. The van der Waals surface area contributed by atoms with Crippen LogP contribution in [0, 0.1) is 29.6 Å². The van der Waals surface area contributed by atoms with E-state index < -0.39 is 0 Å². The smallest absolute Gasteiger partial charge is 0.233 e. The molecule has 2 aliphatic heterocycles. The number of allylic oxidation sites excluding steroid dienone is 2. The van der Waals surface area contributed by atoms with Crippen molar-refractivity contribution in [3.8, 4) is 0 Å². The van der Waals surface area contributed by atoms with Crippen molar-refractivity contribution >= 4 is 17.8 Å². The summed E-state index contributed by atoms with van der Waals surface area (Å²) in [4.78, 5) is 36.8. The molecule has 0 aromatic rings. The number of nitrogens with zero attached hydrogens (tertiary/aromatic N) is 4. The number of piperazine rings is 1. The molecule has 5 unspecified atom stereocenters. The average molecular weight is 445 g/mol. The van der Waals surface area contributed by atoms with E-state index >= 15 is 0 Å². The maximum Gasteiger partial charge on any atom is 0.233 e. The van der Waals surface area contributed by atoms with Crippen LogP contribution in [0.2, 0.25) is 0 Å². The van der Waals surface area contributed by atoms with Gasteiger partial charge in [0.1, 0.15) is 0 Å². The van der Waals surface area contributed by atoms with Gasteiger partial charge in [0.15, 0.2) is 5.96 Å². The second-order valence-corrected chi connectivity index (χ2v) is 10.0. The van der Waals surface area contributed by atoms with Crippen molar-refractivity contribution in [2.75, 3.05) is 66.0 Å². The molecule has 2 amide bonds. The van der Waals surface area contributed by atoms with Crippen molar-refractivity contribution < 1.29 is 9.59 Å². The van der Waals surface area contributed by atoms with Crippen molar-refractivity contribution in [2.24, 2.45) is 34.6 Å². The van der Waals surface area contributed by atoms with Gasteiger partial charge in [-0.15, -0.1) is 0 Å². The van der Waals surface area contributed by atoms with E-state index in [1.165, 1.54) is 4.90 Å². The molecule has 8 heteroatoms. The fraction of sp³-hybridized carbons (Fsp3) is 0.792. The number of amides is 2. The second-order valence-electron chi connectivity index (χ2n) is 10.0. The zero-order valence-corrected chi connectivity index (χ0v) is 19.9. The predicted octanol–water partition coefficient (Wildman–Crippen LogP) is 0.622. The lowest BCUT2D eigenvalue weighted by Crippen LogP contribution is -2.46. The lowest BCUT2D eigenvalue weighted by Gasteiger charge is -2.33. The summed E-state index contributed by atoms with van der Waals surface area (Å²) in [6, 6.07) is 0. The number of aliphatic imine (C=N–C) groups is 1. The van der Waals surface area contributed by atoms with Crippen LogP contribution < -0.4 is 10.6 Å². The third-order valence-corrected chi connectivity index (χ3v) is 7.48. The lowest BCUT2D eigenvalue weighted by atomic mass is 9.85. The minimum Gasteiger partial charge on any atom is -0.357 e. The van der Waals surface area contributed by atoms with Crippen LogP contribution in [-0.4, -0.2) is 98.4 Å². The van der Waals surface area contributed by atoms with E-state index in [9.17, 15) is 9.59 Å². The Balaban J connectivity index is 1.19. The number of nitrogens with one attached hydrogen (secondary N) is 2. The topological polar surface area (TPSA) is 80.3 Å². The number of imide groups is 1. The first kappa shape index (κ1) is 23.2. The maximum absolute atomic E-state index is 12.8. The summed E-state index contributed by atoms with van der Waals surface area (Å²) in [5.41, 5.74) is 0. The number of hydrogen-bond acceptors (Lipinski definition) is 5. The molecule has 0 spiro atoms. The highest BCUT2D eigenvalue weighted by Gasteiger charge is 2.58. The van der Waals surface area contributed by atoms with Gasteiger partial charge >= 0.3 is 0 Å². The second kappa shape index (κ2) is 10.3. The van der Waals surface area contributed by atoms with Crippen LogP contribution in [0.5, 0.6) is 0 Å². The van der Waals surface area contributed by atoms with Crippen LogP contribution in [0.1, 0.15) is 26.7 Å². The minimum atomic E-state index is -0.0915. The van der Waals surface area contributed by atoms with Crippen molar-refractivity contribution in [3.63, 3.8) is 0 Å². The van der Waals surface area contributed by atoms with E-state index in [2.05, 4.69) is 53.5 Å². The molecule has 5 atom stereocenters. The van der Waals surface area contributed by atoms with E-state index in [1.54, 1.807) is 0 Å². The molecule has 178 valence electrons. The summed E-state index contributed by atoms with van der Waals surface area (Å²) in [6.07, 6.45) is 6.01. The first-order valence-corrected chi connectivity index (χ1v) is 12.4. The average Bonchev–Trinajstić information content (AvgIpc) is 3.46. The molecule has 2 heterocycles. The first-order chi connectivity index (χ1) is 15.5. The van der Waals surface area contributed by atoms with Crippen LogP contribution in [0.25, 0.3) is 0 Å². The Morgan fingerprint density at radius 3 is 2.38 bits per heavy atom. The predicted molar refractivity (Wildman–Crippen MR) is 126 cm³/mol. The van der Waals surface area contributed by atoms with Crippen molar-refractivity contribution in [1.29, 1.82) is 0 Å². The molecule has 4 rings (SSSR count). The molecule has 0 radical (unpaired) electrons. The van der Waals surface area contributed by atoms with Crippen LogP contribution in [0.4, 0.5) is 0 Å². The van der Waals surface area contributed by atoms with Gasteiger partial charge in [-0.3, -0.25) is 19.5 Å². The highest BCUT2D eigenvalue weighted by Crippen LogP contribution is 2.52. The van der Waals surface area contributed by atoms with Crippen molar-refractivity contribution in [1.82, 2.24) is 25.3 Å². The third kappa shape index (κ3) is 5.01. The van der Waals surface area contributed by atoms with E-state index in [1.807, 2.05) is 0 Å².